The van der Waals surface area contributed by atoms with Crippen molar-refractivity contribution in [2.45, 2.75) is 24.7 Å². The van der Waals surface area contributed by atoms with E-state index in [2.05, 4.69) is 0 Å². The predicted octanol–water partition coefficient (Wildman–Crippen LogP) is 3.42. The fourth-order valence-corrected chi connectivity index (χ4v) is 4.79. The average molecular weight is 338 g/mol. The van der Waals surface area contributed by atoms with Crippen molar-refractivity contribution in [2.24, 2.45) is 5.92 Å². The molecule has 112 valence electrons. The highest BCUT2D eigenvalue weighted by molar-refractivity contribution is 7.89. The quantitative estimate of drug-likeness (QED) is 0.848. The van der Waals surface area contributed by atoms with E-state index in [1.165, 1.54) is 23.5 Å². The summed E-state index contributed by atoms with van der Waals surface area (Å²) in [4.78, 5) is 0.0408. The molecule has 1 atom stereocenters. The average Bonchev–Trinajstić information content (AvgIpc) is 2.41. The highest BCUT2D eigenvalue weighted by Crippen LogP contribution is 2.38. The third-order valence-corrected chi connectivity index (χ3v) is 6.35. The van der Waals surface area contributed by atoms with E-state index in [1.807, 2.05) is 6.92 Å². The normalized spacial score (nSPS) is 20.9. The molecule has 2 rings (SSSR count). The van der Waals surface area contributed by atoms with E-state index in [0.717, 1.165) is 12.8 Å². The van der Waals surface area contributed by atoms with Gasteiger partial charge in [0.15, 0.2) is 0 Å². The van der Waals surface area contributed by atoms with Gasteiger partial charge < -0.3 is 4.74 Å². The maximum absolute atomic E-state index is 12.6. The molecule has 20 heavy (non-hydrogen) atoms. The standard InChI is InChI=1S/C13H17Cl2NO3S/c1-9-4-3-7-16(8-9)20(17,18)11-6-5-10(19-2)12(14)13(11)15/h5-6,9H,3-4,7-8H2,1-2H3. The van der Waals surface area contributed by atoms with Gasteiger partial charge in [0.25, 0.3) is 0 Å². The minimum atomic E-state index is -3.61. The number of sulfonamides is 1. The fourth-order valence-electron chi connectivity index (χ4n) is 2.37. The molecule has 0 N–H and O–H groups in total. The first kappa shape index (κ1) is 15.9. The van der Waals surface area contributed by atoms with Gasteiger partial charge in [-0.25, -0.2) is 8.42 Å². The highest BCUT2D eigenvalue weighted by Gasteiger charge is 2.31. The zero-order valence-electron chi connectivity index (χ0n) is 11.4. The van der Waals surface area contributed by atoms with Gasteiger partial charge in [-0.05, 0) is 30.9 Å². The molecule has 4 nitrogen and oxygen atoms in total. The Balaban J connectivity index is 2.42. The molecule has 1 heterocycles. The lowest BCUT2D eigenvalue weighted by Crippen LogP contribution is -2.39. The summed E-state index contributed by atoms with van der Waals surface area (Å²) in [7, 11) is -2.16. The summed E-state index contributed by atoms with van der Waals surface area (Å²) in [5.41, 5.74) is 0. The predicted molar refractivity (Wildman–Crippen MR) is 80.2 cm³/mol. The molecule has 1 aliphatic heterocycles. The molecule has 1 unspecified atom stereocenters. The van der Waals surface area contributed by atoms with Gasteiger partial charge in [0.05, 0.1) is 12.1 Å². The van der Waals surface area contributed by atoms with E-state index < -0.39 is 10.0 Å². The number of nitrogens with zero attached hydrogens (tertiary/aromatic N) is 1. The van der Waals surface area contributed by atoms with Gasteiger partial charge in [-0.3, -0.25) is 0 Å². The molecule has 0 radical (unpaired) electrons. The molecule has 0 spiro atoms. The summed E-state index contributed by atoms with van der Waals surface area (Å²) in [5, 5.41) is 0.143. The van der Waals surface area contributed by atoms with Crippen LogP contribution in [-0.4, -0.2) is 32.9 Å². The highest BCUT2D eigenvalue weighted by atomic mass is 35.5. The number of halogens is 2. The van der Waals surface area contributed by atoms with E-state index in [0.29, 0.717) is 24.8 Å². The zero-order chi connectivity index (χ0) is 14.9. The summed E-state index contributed by atoms with van der Waals surface area (Å²) >= 11 is 12.1. The number of benzene rings is 1. The Morgan fingerprint density at radius 3 is 2.60 bits per heavy atom. The van der Waals surface area contributed by atoms with Crippen LogP contribution in [0.15, 0.2) is 17.0 Å². The fraction of sp³-hybridized carbons (Fsp3) is 0.538. The lowest BCUT2D eigenvalue weighted by Gasteiger charge is -2.30. The van der Waals surface area contributed by atoms with Gasteiger partial charge in [-0.15, -0.1) is 0 Å². The van der Waals surface area contributed by atoms with Crippen LogP contribution < -0.4 is 4.74 Å². The second kappa shape index (κ2) is 6.10. The van der Waals surface area contributed by atoms with Crippen LogP contribution in [0.2, 0.25) is 10.0 Å². The van der Waals surface area contributed by atoms with Crippen molar-refractivity contribution in [1.82, 2.24) is 4.31 Å². The Morgan fingerprint density at radius 2 is 2.00 bits per heavy atom. The molecular weight excluding hydrogens is 321 g/mol. The summed E-state index contributed by atoms with van der Waals surface area (Å²) in [6.45, 7) is 3.08. The second-order valence-corrected chi connectivity index (χ2v) is 7.67. The van der Waals surface area contributed by atoms with Gasteiger partial charge in [-0.2, -0.15) is 4.31 Å². The summed E-state index contributed by atoms with van der Waals surface area (Å²) in [5.74, 6) is 0.716. The lowest BCUT2D eigenvalue weighted by molar-refractivity contribution is 0.281. The molecule has 0 saturated carbocycles. The number of hydrogen-bond acceptors (Lipinski definition) is 3. The summed E-state index contributed by atoms with van der Waals surface area (Å²) in [6, 6.07) is 2.97. The Morgan fingerprint density at radius 1 is 1.30 bits per heavy atom. The van der Waals surface area contributed by atoms with Crippen molar-refractivity contribution in [2.75, 3.05) is 20.2 Å². The Kier molecular flexibility index (Phi) is 4.84. The van der Waals surface area contributed by atoms with Gasteiger partial charge in [0.2, 0.25) is 10.0 Å². The van der Waals surface area contributed by atoms with E-state index in [-0.39, 0.29) is 14.9 Å². The Bertz CT molecular complexity index is 604. The van der Waals surface area contributed by atoms with Crippen molar-refractivity contribution in [3.8, 4) is 5.75 Å². The van der Waals surface area contributed by atoms with Crippen LogP contribution in [0.5, 0.6) is 5.75 Å². The van der Waals surface area contributed by atoms with Crippen LogP contribution in [0, 0.1) is 5.92 Å². The van der Waals surface area contributed by atoms with Crippen molar-refractivity contribution in [3.05, 3.63) is 22.2 Å². The first-order chi connectivity index (χ1) is 9.37. The minimum Gasteiger partial charge on any atom is -0.495 e. The number of hydrogen-bond donors (Lipinski definition) is 0. The monoisotopic (exact) mass is 337 g/mol. The number of rotatable bonds is 3. The Labute approximate surface area is 129 Å². The maximum atomic E-state index is 12.6. The summed E-state index contributed by atoms with van der Waals surface area (Å²) in [6.07, 6.45) is 1.91. The topological polar surface area (TPSA) is 46.6 Å². The molecule has 0 aliphatic carbocycles. The molecule has 1 aliphatic rings. The Hall–Kier alpha value is -0.490. The maximum Gasteiger partial charge on any atom is 0.244 e. The van der Waals surface area contributed by atoms with Crippen LogP contribution >= 0.6 is 23.2 Å². The molecule has 7 heteroatoms. The summed E-state index contributed by atoms with van der Waals surface area (Å²) < 4.78 is 31.8. The van der Waals surface area contributed by atoms with Crippen LogP contribution in [0.1, 0.15) is 19.8 Å². The molecule has 1 aromatic carbocycles. The minimum absolute atomic E-state index is 0.0178. The van der Waals surface area contributed by atoms with Gasteiger partial charge in [-0.1, -0.05) is 30.1 Å². The van der Waals surface area contributed by atoms with E-state index >= 15 is 0 Å². The first-order valence-electron chi connectivity index (χ1n) is 6.40. The third-order valence-electron chi connectivity index (χ3n) is 3.47. The lowest BCUT2D eigenvalue weighted by atomic mass is 10.0. The number of methoxy groups -OCH3 is 1. The molecular formula is C13H17Cl2NO3S. The van der Waals surface area contributed by atoms with Crippen LogP contribution in [0.25, 0.3) is 0 Å². The van der Waals surface area contributed by atoms with Crippen LogP contribution in [0.3, 0.4) is 0 Å². The SMILES string of the molecule is COc1ccc(S(=O)(=O)N2CCCC(C)C2)c(Cl)c1Cl. The van der Waals surface area contributed by atoms with Crippen molar-refractivity contribution in [3.63, 3.8) is 0 Å². The largest absolute Gasteiger partial charge is 0.495 e. The number of piperidine rings is 1. The van der Waals surface area contributed by atoms with E-state index in [1.54, 1.807) is 0 Å². The van der Waals surface area contributed by atoms with Crippen LogP contribution in [0.4, 0.5) is 0 Å². The molecule has 0 bridgehead atoms. The molecule has 0 aromatic heterocycles. The molecule has 1 saturated heterocycles. The van der Waals surface area contributed by atoms with Crippen molar-refractivity contribution < 1.29 is 13.2 Å². The van der Waals surface area contributed by atoms with Gasteiger partial charge in [0.1, 0.15) is 15.7 Å². The smallest absolute Gasteiger partial charge is 0.244 e. The first-order valence-corrected chi connectivity index (χ1v) is 8.59. The van der Waals surface area contributed by atoms with Crippen molar-refractivity contribution >= 4 is 33.2 Å². The van der Waals surface area contributed by atoms with Crippen molar-refractivity contribution in [1.29, 1.82) is 0 Å². The van der Waals surface area contributed by atoms with E-state index in [4.69, 9.17) is 27.9 Å². The second-order valence-electron chi connectivity index (χ2n) is 5.00. The van der Waals surface area contributed by atoms with Gasteiger partial charge >= 0.3 is 0 Å². The van der Waals surface area contributed by atoms with Crippen LogP contribution in [-0.2, 0) is 10.0 Å². The zero-order valence-corrected chi connectivity index (χ0v) is 13.7. The molecule has 0 amide bonds. The molecule has 1 fully saturated rings. The molecule has 1 aromatic rings. The third kappa shape index (κ3) is 2.91. The van der Waals surface area contributed by atoms with E-state index in [9.17, 15) is 8.42 Å². The van der Waals surface area contributed by atoms with Gasteiger partial charge in [0, 0.05) is 13.1 Å². The number of ether oxygens (including phenoxy) is 1.